The third-order valence-electron chi connectivity index (χ3n) is 4.97. The van der Waals surface area contributed by atoms with Crippen LogP contribution in [0.5, 0.6) is 11.5 Å². The molecule has 4 rings (SSSR count). The van der Waals surface area contributed by atoms with Gasteiger partial charge in [-0.3, -0.25) is 4.40 Å². The number of aromatic nitrogens is 4. The predicted octanol–water partition coefficient (Wildman–Crippen LogP) is 3.80. The molecule has 1 atom stereocenters. The summed E-state index contributed by atoms with van der Waals surface area (Å²) >= 11 is 0. The van der Waals surface area contributed by atoms with Gasteiger partial charge in [0.2, 0.25) is 5.95 Å². The molecule has 1 unspecified atom stereocenters. The molecule has 8 nitrogen and oxygen atoms in total. The number of likely N-dealkylation sites (tertiary alicyclic amines) is 1. The van der Waals surface area contributed by atoms with Gasteiger partial charge in [-0.15, -0.1) is 23.4 Å². The average Bonchev–Trinajstić information content (AvgIpc) is 3.18. The van der Waals surface area contributed by atoms with Crippen LogP contribution < -0.4 is 14.8 Å². The van der Waals surface area contributed by atoms with E-state index < -0.39 is 24.5 Å². The van der Waals surface area contributed by atoms with E-state index in [0.29, 0.717) is 11.5 Å². The maximum Gasteiger partial charge on any atom is 0.573 e. The van der Waals surface area contributed by atoms with E-state index in [9.17, 15) is 22.0 Å². The molecule has 1 aliphatic rings. The molecule has 0 bridgehead atoms. The van der Waals surface area contributed by atoms with Gasteiger partial charge < -0.3 is 19.7 Å². The Morgan fingerprint density at radius 1 is 1.22 bits per heavy atom. The second kappa shape index (κ2) is 8.73. The van der Waals surface area contributed by atoms with E-state index in [1.807, 2.05) is 7.05 Å². The first-order valence-corrected chi connectivity index (χ1v) is 9.68. The van der Waals surface area contributed by atoms with Crippen LogP contribution >= 0.6 is 0 Å². The fourth-order valence-corrected chi connectivity index (χ4v) is 3.68. The van der Waals surface area contributed by atoms with Crippen molar-refractivity contribution in [2.24, 2.45) is 0 Å². The van der Waals surface area contributed by atoms with Crippen LogP contribution in [0.25, 0.3) is 16.8 Å². The van der Waals surface area contributed by atoms with Gasteiger partial charge in [0.15, 0.2) is 0 Å². The zero-order chi connectivity index (χ0) is 22.9. The lowest BCUT2D eigenvalue weighted by molar-refractivity contribution is -0.274. The molecular weight excluding hydrogens is 439 g/mol. The minimum atomic E-state index is -5.06. The second-order valence-electron chi connectivity index (χ2n) is 7.35. The van der Waals surface area contributed by atoms with E-state index in [0.717, 1.165) is 44.1 Å². The Morgan fingerprint density at radius 2 is 2.03 bits per heavy atom. The Bertz CT molecular complexity index is 1090. The summed E-state index contributed by atoms with van der Waals surface area (Å²) in [6.07, 6.45) is -0.238. The molecule has 3 heterocycles. The summed E-state index contributed by atoms with van der Waals surface area (Å²) in [5.41, 5.74) is 0.295. The van der Waals surface area contributed by atoms with Crippen molar-refractivity contribution < 1.29 is 31.4 Å². The van der Waals surface area contributed by atoms with Crippen molar-refractivity contribution >= 4 is 11.5 Å². The molecule has 0 saturated carbocycles. The van der Waals surface area contributed by atoms with Gasteiger partial charge in [0.1, 0.15) is 23.5 Å². The first-order valence-electron chi connectivity index (χ1n) is 9.68. The van der Waals surface area contributed by atoms with Crippen LogP contribution in [0.1, 0.15) is 12.8 Å². The maximum atomic E-state index is 13.0. The molecule has 13 heteroatoms. The van der Waals surface area contributed by atoms with Gasteiger partial charge in [-0.05, 0) is 38.6 Å². The van der Waals surface area contributed by atoms with E-state index in [2.05, 4.69) is 34.9 Å². The van der Waals surface area contributed by atoms with Crippen LogP contribution in [0.2, 0.25) is 0 Å². The van der Waals surface area contributed by atoms with Crippen molar-refractivity contribution in [2.75, 3.05) is 25.5 Å². The van der Waals surface area contributed by atoms with E-state index >= 15 is 0 Å². The van der Waals surface area contributed by atoms with Crippen LogP contribution in [-0.4, -0.2) is 63.6 Å². The Balaban J connectivity index is 1.72. The summed E-state index contributed by atoms with van der Waals surface area (Å²) < 4.78 is 73.7. The summed E-state index contributed by atoms with van der Waals surface area (Å²) in [4.78, 5) is 6.24. The number of halogens is 5. The minimum Gasteiger partial charge on any atom is -0.435 e. The summed E-state index contributed by atoms with van der Waals surface area (Å²) in [7, 11) is 2.01. The van der Waals surface area contributed by atoms with Crippen molar-refractivity contribution in [1.82, 2.24) is 24.5 Å². The van der Waals surface area contributed by atoms with E-state index in [1.165, 1.54) is 12.5 Å². The lowest BCUT2D eigenvalue weighted by Gasteiger charge is -2.30. The lowest BCUT2D eigenvalue weighted by atomic mass is 10.1. The van der Waals surface area contributed by atoms with Crippen LogP contribution in [0.15, 0.2) is 30.7 Å². The number of nitrogens with one attached hydrogen (secondary N) is 1. The van der Waals surface area contributed by atoms with Crippen molar-refractivity contribution in [2.45, 2.75) is 31.9 Å². The smallest absolute Gasteiger partial charge is 0.435 e. The number of anilines is 1. The third-order valence-corrected chi connectivity index (χ3v) is 4.97. The number of fused-ring (bicyclic) bond motifs is 1. The van der Waals surface area contributed by atoms with Crippen LogP contribution in [0.4, 0.5) is 27.9 Å². The monoisotopic (exact) mass is 458 g/mol. The Morgan fingerprint density at radius 3 is 2.75 bits per heavy atom. The first-order chi connectivity index (χ1) is 15.2. The molecule has 0 amide bonds. The van der Waals surface area contributed by atoms with Crippen molar-refractivity contribution in [3.05, 3.63) is 30.7 Å². The fourth-order valence-electron chi connectivity index (χ4n) is 3.68. The summed E-state index contributed by atoms with van der Waals surface area (Å²) in [6, 6.07) is 3.10. The largest absolute Gasteiger partial charge is 0.573 e. The highest BCUT2D eigenvalue weighted by Crippen LogP contribution is 2.38. The molecule has 1 aromatic carbocycles. The van der Waals surface area contributed by atoms with Gasteiger partial charge in [0.05, 0.1) is 11.7 Å². The van der Waals surface area contributed by atoms with Crippen molar-refractivity contribution in [3.8, 4) is 22.8 Å². The highest BCUT2D eigenvalue weighted by Gasteiger charge is 2.33. The van der Waals surface area contributed by atoms with E-state index in [4.69, 9.17) is 0 Å². The van der Waals surface area contributed by atoms with Crippen molar-refractivity contribution in [3.63, 3.8) is 0 Å². The first kappa shape index (κ1) is 22.0. The molecule has 1 fully saturated rings. The molecule has 2 aromatic heterocycles. The minimum absolute atomic E-state index is 0.0386. The molecule has 0 radical (unpaired) electrons. The molecule has 0 spiro atoms. The number of hydrogen-bond acceptors (Lipinski definition) is 7. The summed E-state index contributed by atoms with van der Waals surface area (Å²) in [5.74, 6) is -0.847. The zero-order valence-electron chi connectivity index (χ0n) is 16.8. The highest BCUT2D eigenvalue weighted by molar-refractivity contribution is 5.81. The quantitative estimate of drug-likeness (QED) is 0.563. The van der Waals surface area contributed by atoms with Gasteiger partial charge >= 0.3 is 13.0 Å². The van der Waals surface area contributed by atoms with Gasteiger partial charge in [0, 0.05) is 24.2 Å². The van der Waals surface area contributed by atoms with E-state index in [1.54, 1.807) is 4.40 Å². The Labute approximate surface area is 179 Å². The summed E-state index contributed by atoms with van der Waals surface area (Å²) in [5, 5.41) is 11.5. The van der Waals surface area contributed by atoms with Crippen LogP contribution in [0, 0.1) is 0 Å². The molecule has 1 saturated heterocycles. The number of benzene rings is 1. The Kier molecular flexibility index (Phi) is 6.00. The third kappa shape index (κ3) is 4.98. The standard InChI is InChI=1S/C19H19F5N6O2/c1-29-6-2-3-11(9-29)26-18-28-27-16(14-8-25-10-30(14)18)13-5-4-12(31-17(20)21)7-15(13)32-19(22,23)24/h4-5,7-8,10-11,17H,2-3,6,9H2,1H3,(H,26,28). The molecule has 32 heavy (non-hydrogen) atoms. The van der Waals surface area contributed by atoms with Gasteiger partial charge in [0.25, 0.3) is 0 Å². The fraction of sp³-hybridized carbons (Fsp3) is 0.421. The average molecular weight is 458 g/mol. The highest BCUT2D eigenvalue weighted by atomic mass is 19.4. The van der Waals surface area contributed by atoms with Gasteiger partial charge in [-0.2, -0.15) is 8.78 Å². The molecule has 1 aliphatic heterocycles. The maximum absolute atomic E-state index is 13.0. The Hall–Kier alpha value is -3.22. The van der Waals surface area contributed by atoms with E-state index in [-0.39, 0.29) is 17.3 Å². The number of nitrogens with zero attached hydrogens (tertiary/aromatic N) is 5. The lowest BCUT2D eigenvalue weighted by Crippen LogP contribution is -2.40. The van der Waals surface area contributed by atoms with Crippen molar-refractivity contribution in [1.29, 1.82) is 0 Å². The normalized spacial score (nSPS) is 17.7. The number of imidazole rings is 1. The molecule has 172 valence electrons. The number of hydrogen-bond donors (Lipinski definition) is 1. The summed E-state index contributed by atoms with van der Waals surface area (Å²) in [6.45, 7) is -1.41. The van der Waals surface area contributed by atoms with Crippen LogP contribution in [0.3, 0.4) is 0 Å². The van der Waals surface area contributed by atoms with Gasteiger partial charge in [-0.1, -0.05) is 0 Å². The number of alkyl halides is 5. The van der Waals surface area contributed by atoms with Crippen LogP contribution in [-0.2, 0) is 0 Å². The topological polar surface area (TPSA) is 76.8 Å². The number of ether oxygens (including phenoxy) is 2. The number of rotatable bonds is 6. The SMILES string of the molecule is CN1CCCC(Nc2nnc(-c3ccc(OC(F)F)cc3OC(F)(F)F)c3cncn23)C1. The molecule has 0 aliphatic carbocycles. The predicted molar refractivity (Wildman–Crippen MR) is 104 cm³/mol. The molecule has 1 N–H and O–H groups in total. The number of likely N-dealkylation sites (N-methyl/N-ethyl adjacent to an activating group) is 1. The molecular formula is C19H19F5N6O2. The molecule has 3 aromatic rings. The van der Waals surface area contributed by atoms with Gasteiger partial charge in [-0.25, -0.2) is 4.98 Å². The second-order valence-corrected chi connectivity index (χ2v) is 7.35. The zero-order valence-corrected chi connectivity index (χ0v) is 16.8. The number of piperidine rings is 1.